The van der Waals surface area contributed by atoms with Crippen molar-refractivity contribution in [2.75, 3.05) is 24.9 Å². The average molecular weight is 422 g/mol. The molecule has 2 aromatic rings. The zero-order chi connectivity index (χ0) is 21.6. The molecule has 0 aromatic heterocycles. The molecule has 1 unspecified atom stereocenters. The topological polar surface area (TPSA) is 92.8 Å². The van der Waals surface area contributed by atoms with Crippen LogP contribution < -0.4 is 4.72 Å². The van der Waals surface area contributed by atoms with Crippen LogP contribution in [0, 0.1) is 11.7 Å². The van der Waals surface area contributed by atoms with E-state index in [1.165, 1.54) is 36.3 Å². The Kier molecular flexibility index (Phi) is 7.33. The fraction of sp³-hybridized carbons (Fsp3) is 0.300. The summed E-state index contributed by atoms with van der Waals surface area (Å²) in [6, 6.07) is 10.4. The maximum Gasteiger partial charge on any atom is 0.310 e. The summed E-state index contributed by atoms with van der Waals surface area (Å²) >= 11 is 0. The zero-order valence-electron chi connectivity index (χ0n) is 16.4. The number of esters is 1. The van der Waals surface area contributed by atoms with Crippen LogP contribution in [0.4, 0.5) is 10.1 Å². The van der Waals surface area contributed by atoms with Crippen molar-refractivity contribution in [3.05, 3.63) is 59.9 Å². The van der Waals surface area contributed by atoms with Gasteiger partial charge in [0.25, 0.3) is 15.9 Å². The molecule has 9 heteroatoms. The number of ether oxygens (including phenoxy) is 1. The Labute approximate surface area is 169 Å². The summed E-state index contributed by atoms with van der Waals surface area (Å²) in [7, 11) is -2.58. The molecule has 0 aliphatic carbocycles. The number of halogens is 1. The molecular weight excluding hydrogens is 399 g/mol. The third kappa shape index (κ3) is 5.77. The first kappa shape index (κ1) is 22.4. The smallest absolute Gasteiger partial charge is 0.310 e. The first-order chi connectivity index (χ1) is 13.7. The molecule has 0 aliphatic heterocycles. The SMILES string of the molecule is CCN(CC(C)C(=O)OC)C(=O)c1ccc(NS(=O)(=O)c2ccc(F)cc2)cc1. The lowest BCUT2D eigenvalue weighted by Crippen LogP contribution is -2.37. The summed E-state index contributed by atoms with van der Waals surface area (Å²) in [5.74, 6) is -1.68. The van der Waals surface area contributed by atoms with Crippen molar-refractivity contribution in [1.82, 2.24) is 4.90 Å². The van der Waals surface area contributed by atoms with Crippen LogP contribution in [-0.2, 0) is 19.6 Å². The predicted molar refractivity (Wildman–Crippen MR) is 106 cm³/mol. The lowest BCUT2D eigenvalue weighted by molar-refractivity contribution is -0.145. The molecular formula is C20H23FN2O5S. The van der Waals surface area contributed by atoms with Crippen LogP contribution in [0.5, 0.6) is 0 Å². The van der Waals surface area contributed by atoms with E-state index in [1.54, 1.807) is 13.8 Å². The number of carbonyl (C=O) groups is 2. The van der Waals surface area contributed by atoms with Gasteiger partial charge in [-0.2, -0.15) is 0 Å². The first-order valence-electron chi connectivity index (χ1n) is 8.93. The number of anilines is 1. The zero-order valence-corrected chi connectivity index (χ0v) is 17.2. The van der Waals surface area contributed by atoms with Gasteiger partial charge in [-0.05, 0) is 55.5 Å². The van der Waals surface area contributed by atoms with Crippen molar-refractivity contribution in [3.8, 4) is 0 Å². The van der Waals surface area contributed by atoms with Crippen LogP contribution in [-0.4, -0.2) is 45.4 Å². The fourth-order valence-corrected chi connectivity index (χ4v) is 3.71. The number of hydrogen-bond acceptors (Lipinski definition) is 5. The molecule has 0 saturated heterocycles. The third-order valence-corrected chi connectivity index (χ3v) is 5.67. The number of methoxy groups -OCH3 is 1. The lowest BCUT2D eigenvalue weighted by Gasteiger charge is -2.23. The molecule has 29 heavy (non-hydrogen) atoms. The monoisotopic (exact) mass is 422 g/mol. The fourth-order valence-electron chi connectivity index (χ4n) is 2.65. The van der Waals surface area contributed by atoms with Crippen molar-refractivity contribution in [1.29, 1.82) is 0 Å². The van der Waals surface area contributed by atoms with Crippen molar-refractivity contribution < 1.29 is 27.1 Å². The second-order valence-corrected chi connectivity index (χ2v) is 8.09. The Bertz CT molecular complexity index is 959. The standard InChI is InChI=1S/C20H23FN2O5S/c1-4-23(13-14(2)20(25)28-3)19(24)15-5-9-17(10-6-15)22-29(26,27)18-11-7-16(21)8-12-18/h5-12,14,22H,4,13H2,1-3H3. The summed E-state index contributed by atoms with van der Waals surface area (Å²) in [5.41, 5.74) is 0.616. The molecule has 2 rings (SSSR count). The Morgan fingerprint density at radius 1 is 1.10 bits per heavy atom. The number of sulfonamides is 1. The second-order valence-electron chi connectivity index (χ2n) is 6.40. The van der Waals surface area contributed by atoms with E-state index < -0.39 is 27.7 Å². The molecule has 0 radical (unpaired) electrons. The highest BCUT2D eigenvalue weighted by molar-refractivity contribution is 7.92. The van der Waals surface area contributed by atoms with E-state index in [1.807, 2.05) is 0 Å². The number of benzene rings is 2. The minimum atomic E-state index is -3.88. The van der Waals surface area contributed by atoms with Crippen molar-refractivity contribution in [3.63, 3.8) is 0 Å². The number of nitrogens with one attached hydrogen (secondary N) is 1. The second kappa shape index (κ2) is 9.51. The maximum atomic E-state index is 13.0. The number of carbonyl (C=O) groups excluding carboxylic acids is 2. The molecule has 0 aliphatic rings. The Morgan fingerprint density at radius 3 is 2.21 bits per heavy atom. The van der Waals surface area contributed by atoms with Crippen LogP contribution in [0.25, 0.3) is 0 Å². The van der Waals surface area contributed by atoms with Gasteiger partial charge in [0.1, 0.15) is 5.82 Å². The molecule has 156 valence electrons. The molecule has 0 heterocycles. The van der Waals surface area contributed by atoms with Gasteiger partial charge in [-0.3, -0.25) is 14.3 Å². The van der Waals surface area contributed by atoms with Gasteiger partial charge >= 0.3 is 5.97 Å². The highest BCUT2D eigenvalue weighted by Crippen LogP contribution is 2.18. The number of amides is 1. The number of rotatable bonds is 8. The molecule has 7 nitrogen and oxygen atoms in total. The normalized spacial score (nSPS) is 12.1. The molecule has 0 fully saturated rings. The quantitative estimate of drug-likeness (QED) is 0.661. The van der Waals surface area contributed by atoms with Gasteiger partial charge in [0, 0.05) is 24.3 Å². The molecule has 1 atom stereocenters. The minimum Gasteiger partial charge on any atom is -0.469 e. The van der Waals surface area contributed by atoms with Crippen LogP contribution in [0.2, 0.25) is 0 Å². The Hall–Kier alpha value is -2.94. The number of hydrogen-bond donors (Lipinski definition) is 1. The van der Waals surface area contributed by atoms with Gasteiger partial charge in [0.05, 0.1) is 17.9 Å². The summed E-state index contributed by atoms with van der Waals surface area (Å²) in [6.07, 6.45) is 0. The lowest BCUT2D eigenvalue weighted by atomic mass is 10.1. The molecule has 1 amide bonds. The van der Waals surface area contributed by atoms with E-state index >= 15 is 0 Å². The van der Waals surface area contributed by atoms with Gasteiger partial charge in [-0.1, -0.05) is 6.92 Å². The molecule has 0 spiro atoms. The van der Waals surface area contributed by atoms with Gasteiger partial charge in [0.15, 0.2) is 0 Å². The van der Waals surface area contributed by atoms with Gasteiger partial charge in [-0.25, -0.2) is 12.8 Å². The van der Waals surface area contributed by atoms with E-state index in [2.05, 4.69) is 9.46 Å². The third-order valence-electron chi connectivity index (χ3n) is 4.27. The van der Waals surface area contributed by atoms with Crippen LogP contribution >= 0.6 is 0 Å². The Balaban J connectivity index is 2.11. The molecule has 0 saturated carbocycles. The molecule has 0 bridgehead atoms. The van der Waals surface area contributed by atoms with Crippen LogP contribution in [0.1, 0.15) is 24.2 Å². The average Bonchev–Trinajstić information content (AvgIpc) is 2.71. The van der Waals surface area contributed by atoms with Crippen molar-refractivity contribution in [2.45, 2.75) is 18.7 Å². The minimum absolute atomic E-state index is 0.0759. The molecule has 2 aromatic carbocycles. The van der Waals surface area contributed by atoms with E-state index in [4.69, 9.17) is 0 Å². The Morgan fingerprint density at radius 2 is 1.69 bits per heavy atom. The largest absolute Gasteiger partial charge is 0.469 e. The summed E-state index contributed by atoms with van der Waals surface area (Å²) < 4.78 is 44.7. The maximum absolute atomic E-state index is 13.0. The van der Waals surface area contributed by atoms with E-state index in [-0.39, 0.29) is 23.0 Å². The highest BCUT2D eigenvalue weighted by atomic mass is 32.2. The van der Waals surface area contributed by atoms with Gasteiger partial charge in [0.2, 0.25) is 0 Å². The van der Waals surface area contributed by atoms with Gasteiger partial charge in [-0.15, -0.1) is 0 Å². The van der Waals surface area contributed by atoms with Crippen molar-refractivity contribution in [2.24, 2.45) is 5.92 Å². The summed E-state index contributed by atoms with van der Waals surface area (Å²) in [5, 5.41) is 0. The van der Waals surface area contributed by atoms with Crippen LogP contribution in [0.15, 0.2) is 53.4 Å². The van der Waals surface area contributed by atoms with Crippen molar-refractivity contribution >= 4 is 27.6 Å². The first-order valence-corrected chi connectivity index (χ1v) is 10.4. The summed E-state index contributed by atoms with van der Waals surface area (Å²) in [6.45, 7) is 4.09. The van der Waals surface area contributed by atoms with E-state index in [9.17, 15) is 22.4 Å². The highest BCUT2D eigenvalue weighted by Gasteiger charge is 2.21. The molecule has 1 N–H and O–H groups in total. The van der Waals surface area contributed by atoms with E-state index in [0.29, 0.717) is 12.1 Å². The predicted octanol–water partition coefficient (Wildman–Crippen LogP) is 2.90. The number of nitrogens with zero attached hydrogens (tertiary/aromatic N) is 1. The summed E-state index contributed by atoms with van der Waals surface area (Å²) in [4.78, 5) is 25.7. The van der Waals surface area contributed by atoms with E-state index in [0.717, 1.165) is 24.3 Å². The van der Waals surface area contributed by atoms with Gasteiger partial charge < -0.3 is 9.64 Å². The van der Waals surface area contributed by atoms with Crippen LogP contribution in [0.3, 0.4) is 0 Å².